The van der Waals surface area contributed by atoms with E-state index < -0.39 is 0 Å². The molecule has 0 saturated carbocycles. The summed E-state index contributed by atoms with van der Waals surface area (Å²) >= 11 is 0. The van der Waals surface area contributed by atoms with Gasteiger partial charge in [-0.05, 0) is 63.6 Å². The maximum absolute atomic E-state index is 10.9. The number of rotatable bonds is 12. The van der Waals surface area contributed by atoms with Crippen LogP contribution in [0.1, 0.15) is 38.5 Å². The molecule has 0 aromatic rings. The molecule has 1 rings (SSSR count). The maximum atomic E-state index is 10.9. The number of nitrogens with zero attached hydrogens (tertiary/aromatic N) is 1. The lowest BCUT2D eigenvalue weighted by atomic mass is 9.92. The molecule has 22 heavy (non-hydrogen) atoms. The van der Waals surface area contributed by atoms with Crippen LogP contribution >= 0.6 is 0 Å². The van der Waals surface area contributed by atoms with Crippen molar-refractivity contribution in [1.29, 1.82) is 0 Å². The van der Waals surface area contributed by atoms with E-state index >= 15 is 0 Å². The number of amides is 1. The molecule has 1 saturated heterocycles. The summed E-state index contributed by atoms with van der Waals surface area (Å²) in [6.07, 6.45) is 8.12. The highest BCUT2D eigenvalue weighted by molar-refractivity contribution is 5.86. The molecule has 0 bridgehead atoms. The lowest BCUT2D eigenvalue weighted by Gasteiger charge is -2.31. The van der Waals surface area contributed by atoms with Gasteiger partial charge >= 0.3 is 0 Å². The van der Waals surface area contributed by atoms with Crippen LogP contribution in [0.25, 0.3) is 0 Å². The summed E-state index contributed by atoms with van der Waals surface area (Å²) < 4.78 is 5.64. The van der Waals surface area contributed by atoms with Crippen LogP contribution < -0.4 is 5.32 Å². The lowest BCUT2D eigenvalue weighted by molar-refractivity contribution is -0.116. The number of piperidine rings is 1. The largest absolute Gasteiger partial charge is 0.395 e. The molecule has 0 spiro atoms. The highest BCUT2D eigenvalue weighted by Gasteiger charge is 2.17. The number of nitrogens with one attached hydrogen (secondary N) is 1. The number of likely N-dealkylation sites (tertiary alicyclic amines) is 1. The van der Waals surface area contributed by atoms with E-state index in [-0.39, 0.29) is 12.5 Å². The Morgan fingerprint density at radius 3 is 2.68 bits per heavy atom. The number of aliphatic hydroxyl groups is 1. The van der Waals surface area contributed by atoms with Gasteiger partial charge < -0.3 is 20.1 Å². The summed E-state index contributed by atoms with van der Waals surface area (Å²) in [6.45, 7) is 9.08. The Hall–Kier alpha value is -0.910. The summed E-state index contributed by atoms with van der Waals surface area (Å²) in [4.78, 5) is 13.3. The van der Waals surface area contributed by atoms with Crippen LogP contribution in [0.4, 0.5) is 0 Å². The lowest BCUT2D eigenvalue weighted by Crippen LogP contribution is -2.35. The minimum absolute atomic E-state index is 0.106. The van der Waals surface area contributed by atoms with E-state index in [4.69, 9.17) is 9.84 Å². The molecule has 0 aromatic heterocycles. The summed E-state index contributed by atoms with van der Waals surface area (Å²) in [5, 5.41) is 11.7. The Morgan fingerprint density at radius 2 is 2.00 bits per heavy atom. The highest BCUT2D eigenvalue weighted by Crippen LogP contribution is 2.21. The van der Waals surface area contributed by atoms with Crippen LogP contribution in [0.2, 0.25) is 0 Å². The van der Waals surface area contributed by atoms with Crippen molar-refractivity contribution in [1.82, 2.24) is 10.2 Å². The summed E-state index contributed by atoms with van der Waals surface area (Å²) in [5.41, 5.74) is 0. The zero-order valence-electron chi connectivity index (χ0n) is 13.8. The predicted octanol–water partition coefficient (Wildman–Crippen LogP) is 1.57. The van der Waals surface area contributed by atoms with E-state index in [2.05, 4.69) is 16.8 Å². The van der Waals surface area contributed by atoms with Gasteiger partial charge in [0.05, 0.1) is 6.61 Å². The normalized spacial score (nSPS) is 16.6. The van der Waals surface area contributed by atoms with Crippen LogP contribution in [-0.4, -0.2) is 61.9 Å². The number of ether oxygens (including phenoxy) is 1. The number of aliphatic hydroxyl groups excluding tert-OH is 1. The summed E-state index contributed by atoms with van der Waals surface area (Å²) in [6, 6.07) is 0. The maximum Gasteiger partial charge on any atom is 0.243 e. The molecule has 0 atom stereocenters. The van der Waals surface area contributed by atoms with Gasteiger partial charge in [0.2, 0.25) is 5.91 Å². The first-order valence-corrected chi connectivity index (χ1v) is 8.57. The van der Waals surface area contributed by atoms with Gasteiger partial charge in [-0.1, -0.05) is 6.58 Å². The fourth-order valence-electron chi connectivity index (χ4n) is 2.83. The number of hydrogen-bond acceptors (Lipinski definition) is 4. The standard InChI is InChI=1S/C17H32N2O3/c1-2-17(21)18-9-3-4-14-22-15-5-6-16-7-10-19(11-8-16)12-13-20/h2,16,20H,1,3-15H2,(H,18,21). The molecule has 5 heteroatoms. The molecule has 5 nitrogen and oxygen atoms in total. The molecule has 0 radical (unpaired) electrons. The number of β-amino-alcohol motifs (C(OH)–C–C–N with tert-alkyl or cyclic N) is 1. The Bertz CT molecular complexity index is 302. The first-order valence-electron chi connectivity index (χ1n) is 8.57. The summed E-state index contributed by atoms with van der Waals surface area (Å²) in [5.74, 6) is 0.721. The van der Waals surface area contributed by atoms with Crippen LogP contribution in [0.15, 0.2) is 12.7 Å². The molecule has 128 valence electrons. The average Bonchev–Trinajstić information content (AvgIpc) is 2.54. The van der Waals surface area contributed by atoms with Crippen molar-refractivity contribution >= 4 is 5.91 Å². The van der Waals surface area contributed by atoms with Gasteiger partial charge in [0.15, 0.2) is 0 Å². The molecular formula is C17H32N2O3. The Morgan fingerprint density at radius 1 is 1.27 bits per heavy atom. The first kappa shape index (κ1) is 19.1. The van der Waals surface area contributed by atoms with Crippen molar-refractivity contribution in [2.24, 2.45) is 5.92 Å². The minimum Gasteiger partial charge on any atom is -0.395 e. The van der Waals surface area contributed by atoms with E-state index in [0.717, 1.165) is 58.0 Å². The SMILES string of the molecule is C=CC(=O)NCCCCOCCCC1CCN(CCO)CC1. The zero-order chi connectivity index (χ0) is 16.0. The third kappa shape index (κ3) is 9.18. The fraction of sp³-hybridized carbons (Fsp3) is 0.824. The second-order valence-electron chi connectivity index (χ2n) is 5.97. The van der Waals surface area contributed by atoms with E-state index in [1.165, 1.54) is 25.3 Å². The second-order valence-corrected chi connectivity index (χ2v) is 5.97. The van der Waals surface area contributed by atoms with Gasteiger partial charge in [-0.2, -0.15) is 0 Å². The molecular weight excluding hydrogens is 280 g/mol. The van der Waals surface area contributed by atoms with Gasteiger partial charge in [0.25, 0.3) is 0 Å². The molecule has 1 aliphatic heterocycles. The van der Waals surface area contributed by atoms with E-state index in [0.29, 0.717) is 6.54 Å². The third-order valence-corrected chi connectivity index (χ3v) is 4.22. The molecule has 1 heterocycles. The third-order valence-electron chi connectivity index (χ3n) is 4.22. The van der Waals surface area contributed by atoms with Crippen molar-refractivity contribution in [2.45, 2.75) is 38.5 Å². The minimum atomic E-state index is -0.106. The van der Waals surface area contributed by atoms with E-state index in [1.54, 1.807) is 0 Å². The quantitative estimate of drug-likeness (QED) is 0.424. The highest BCUT2D eigenvalue weighted by atomic mass is 16.5. The number of unbranched alkanes of at least 4 members (excludes halogenated alkanes) is 1. The molecule has 0 aromatic carbocycles. The van der Waals surface area contributed by atoms with Gasteiger partial charge in [-0.3, -0.25) is 4.79 Å². The number of carbonyl (C=O) groups is 1. The first-order chi connectivity index (χ1) is 10.8. The molecule has 1 amide bonds. The van der Waals surface area contributed by atoms with Gasteiger partial charge in [-0.25, -0.2) is 0 Å². The van der Waals surface area contributed by atoms with Crippen molar-refractivity contribution in [2.75, 3.05) is 46.0 Å². The number of hydrogen-bond donors (Lipinski definition) is 2. The zero-order valence-corrected chi connectivity index (χ0v) is 13.8. The second kappa shape index (κ2) is 12.6. The molecule has 0 unspecified atom stereocenters. The van der Waals surface area contributed by atoms with Gasteiger partial charge in [-0.15, -0.1) is 0 Å². The van der Waals surface area contributed by atoms with Gasteiger partial charge in [0.1, 0.15) is 0 Å². The Kier molecular flexibility index (Phi) is 11.0. The Balaban J connectivity index is 1.84. The Labute approximate surface area is 134 Å². The van der Waals surface area contributed by atoms with Crippen molar-refractivity contribution in [3.05, 3.63) is 12.7 Å². The smallest absolute Gasteiger partial charge is 0.243 e. The number of carbonyl (C=O) groups excluding carboxylic acids is 1. The monoisotopic (exact) mass is 312 g/mol. The molecule has 1 aliphatic rings. The van der Waals surface area contributed by atoms with Crippen LogP contribution in [0.3, 0.4) is 0 Å². The van der Waals surface area contributed by atoms with Crippen molar-refractivity contribution in [3.8, 4) is 0 Å². The topological polar surface area (TPSA) is 61.8 Å². The van der Waals surface area contributed by atoms with E-state index in [9.17, 15) is 4.79 Å². The summed E-state index contributed by atoms with van der Waals surface area (Å²) in [7, 11) is 0. The molecule has 2 N–H and O–H groups in total. The van der Waals surface area contributed by atoms with Crippen LogP contribution in [-0.2, 0) is 9.53 Å². The molecule has 1 fully saturated rings. The van der Waals surface area contributed by atoms with Crippen molar-refractivity contribution < 1.29 is 14.6 Å². The predicted molar refractivity (Wildman–Crippen MR) is 88.7 cm³/mol. The van der Waals surface area contributed by atoms with Crippen LogP contribution in [0, 0.1) is 5.92 Å². The van der Waals surface area contributed by atoms with Gasteiger partial charge in [0, 0.05) is 26.3 Å². The van der Waals surface area contributed by atoms with E-state index in [1.807, 2.05) is 0 Å². The fourth-order valence-corrected chi connectivity index (χ4v) is 2.83. The van der Waals surface area contributed by atoms with Crippen molar-refractivity contribution in [3.63, 3.8) is 0 Å². The van der Waals surface area contributed by atoms with Crippen LogP contribution in [0.5, 0.6) is 0 Å². The average molecular weight is 312 g/mol. The molecule has 0 aliphatic carbocycles.